The number of hydrogen-bond donors (Lipinski definition) is 1. The van der Waals surface area contributed by atoms with Crippen LogP contribution in [-0.4, -0.2) is 21.6 Å². The van der Waals surface area contributed by atoms with Gasteiger partial charge in [-0.25, -0.2) is 9.78 Å². The van der Waals surface area contributed by atoms with Gasteiger partial charge in [0.2, 0.25) is 5.95 Å². The second-order valence-corrected chi connectivity index (χ2v) is 5.07. The SMILES string of the molecule is CC(C)OC(=O)C(C)n1c(N)nc2cc(Cl)ccc21. The Morgan fingerprint density at radius 1 is 1.42 bits per heavy atom. The van der Waals surface area contributed by atoms with Gasteiger partial charge < -0.3 is 10.5 Å². The number of anilines is 1. The molecule has 2 rings (SSSR count). The summed E-state index contributed by atoms with van der Waals surface area (Å²) in [6, 6.07) is 4.71. The van der Waals surface area contributed by atoms with Crippen LogP contribution in [0.1, 0.15) is 26.8 Å². The van der Waals surface area contributed by atoms with Crippen LogP contribution in [0.15, 0.2) is 18.2 Å². The predicted octanol–water partition coefficient (Wildman–Crippen LogP) is 2.78. The fourth-order valence-electron chi connectivity index (χ4n) is 1.93. The van der Waals surface area contributed by atoms with Gasteiger partial charge in [0.05, 0.1) is 17.1 Å². The number of carbonyl (C=O) groups is 1. The van der Waals surface area contributed by atoms with E-state index in [1.165, 1.54) is 0 Å². The average molecular weight is 282 g/mol. The molecule has 1 unspecified atom stereocenters. The number of hydrogen-bond acceptors (Lipinski definition) is 4. The van der Waals surface area contributed by atoms with Crippen molar-refractivity contribution < 1.29 is 9.53 Å². The molecule has 0 spiro atoms. The van der Waals surface area contributed by atoms with Crippen molar-refractivity contribution in [3.05, 3.63) is 23.2 Å². The molecular formula is C13H16ClN3O2. The standard InChI is InChI=1S/C13H16ClN3O2/c1-7(2)19-12(18)8(3)17-11-5-4-9(14)6-10(11)16-13(17)15/h4-8H,1-3H3,(H2,15,16). The predicted molar refractivity (Wildman–Crippen MR) is 75.1 cm³/mol. The number of ether oxygens (including phenoxy) is 1. The maximum absolute atomic E-state index is 12.0. The summed E-state index contributed by atoms with van der Waals surface area (Å²) in [5.41, 5.74) is 7.29. The summed E-state index contributed by atoms with van der Waals surface area (Å²) in [5.74, 6) is -0.0681. The normalized spacial score (nSPS) is 12.9. The van der Waals surface area contributed by atoms with Gasteiger partial charge >= 0.3 is 5.97 Å². The second kappa shape index (κ2) is 5.09. The Balaban J connectivity index is 2.44. The highest BCUT2D eigenvalue weighted by atomic mass is 35.5. The van der Waals surface area contributed by atoms with Crippen LogP contribution in [0.5, 0.6) is 0 Å². The molecule has 2 aromatic rings. The van der Waals surface area contributed by atoms with E-state index >= 15 is 0 Å². The third kappa shape index (κ3) is 2.66. The summed E-state index contributed by atoms with van der Waals surface area (Å²) in [6.07, 6.45) is -0.166. The highest BCUT2D eigenvalue weighted by Gasteiger charge is 2.22. The first kappa shape index (κ1) is 13.7. The van der Waals surface area contributed by atoms with Crippen molar-refractivity contribution in [1.29, 1.82) is 0 Å². The molecule has 2 N–H and O–H groups in total. The Kier molecular flexibility index (Phi) is 3.66. The topological polar surface area (TPSA) is 70.1 Å². The molecule has 6 heteroatoms. The second-order valence-electron chi connectivity index (χ2n) is 4.63. The van der Waals surface area contributed by atoms with Crippen molar-refractivity contribution in [2.45, 2.75) is 32.9 Å². The molecule has 0 aliphatic heterocycles. The van der Waals surface area contributed by atoms with Crippen molar-refractivity contribution in [1.82, 2.24) is 9.55 Å². The van der Waals surface area contributed by atoms with Gasteiger partial charge in [-0.05, 0) is 39.0 Å². The Labute approximate surface area is 116 Å². The minimum atomic E-state index is -0.534. The number of rotatable bonds is 3. The first-order chi connectivity index (χ1) is 8.90. The third-order valence-electron chi connectivity index (χ3n) is 2.76. The van der Waals surface area contributed by atoms with Crippen LogP contribution in [0.3, 0.4) is 0 Å². The zero-order chi connectivity index (χ0) is 14.2. The highest BCUT2D eigenvalue weighted by Crippen LogP contribution is 2.26. The van der Waals surface area contributed by atoms with Crippen molar-refractivity contribution in [3.8, 4) is 0 Å². The van der Waals surface area contributed by atoms with E-state index in [0.717, 1.165) is 5.52 Å². The number of nitrogens with zero attached hydrogens (tertiary/aromatic N) is 2. The fourth-order valence-corrected chi connectivity index (χ4v) is 2.10. The molecule has 5 nitrogen and oxygen atoms in total. The number of nitrogens with two attached hydrogens (primary N) is 1. The van der Waals surface area contributed by atoms with E-state index in [1.807, 2.05) is 0 Å². The average Bonchev–Trinajstić information content (AvgIpc) is 2.62. The van der Waals surface area contributed by atoms with Crippen molar-refractivity contribution in [3.63, 3.8) is 0 Å². The molecule has 0 aliphatic rings. The minimum Gasteiger partial charge on any atom is -0.461 e. The summed E-state index contributed by atoms with van der Waals surface area (Å²) in [5, 5.41) is 0.578. The van der Waals surface area contributed by atoms with Gasteiger partial charge in [-0.15, -0.1) is 0 Å². The van der Waals surface area contributed by atoms with E-state index in [0.29, 0.717) is 10.5 Å². The van der Waals surface area contributed by atoms with E-state index in [9.17, 15) is 4.79 Å². The molecule has 0 bridgehead atoms. The Morgan fingerprint density at radius 3 is 2.74 bits per heavy atom. The number of nitrogen functional groups attached to an aromatic ring is 1. The van der Waals surface area contributed by atoms with E-state index in [1.54, 1.807) is 43.5 Å². The molecule has 0 saturated carbocycles. The van der Waals surface area contributed by atoms with Gasteiger partial charge in [-0.2, -0.15) is 0 Å². The number of halogens is 1. The Morgan fingerprint density at radius 2 is 2.11 bits per heavy atom. The Bertz CT molecular complexity index is 622. The smallest absolute Gasteiger partial charge is 0.329 e. The zero-order valence-corrected chi connectivity index (χ0v) is 11.8. The summed E-state index contributed by atoms with van der Waals surface area (Å²) in [6.45, 7) is 5.34. The molecule has 1 aromatic heterocycles. The van der Waals surface area contributed by atoms with Gasteiger partial charge in [0.25, 0.3) is 0 Å². The third-order valence-corrected chi connectivity index (χ3v) is 2.99. The number of benzene rings is 1. The van der Waals surface area contributed by atoms with Crippen LogP contribution in [0.4, 0.5) is 5.95 Å². The van der Waals surface area contributed by atoms with Crippen LogP contribution >= 0.6 is 11.6 Å². The number of esters is 1. The Hall–Kier alpha value is -1.75. The molecule has 0 amide bonds. The molecule has 1 aromatic carbocycles. The molecule has 1 heterocycles. The van der Waals surface area contributed by atoms with E-state index < -0.39 is 6.04 Å². The minimum absolute atomic E-state index is 0.166. The quantitative estimate of drug-likeness (QED) is 0.878. The summed E-state index contributed by atoms with van der Waals surface area (Å²) < 4.78 is 6.84. The van der Waals surface area contributed by atoms with Crippen LogP contribution in [0, 0.1) is 0 Å². The summed E-state index contributed by atoms with van der Waals surface area (Å²) >= 11 is 5.91. The fraction of sp³-hybridized carbons (Fsp3) is 0.385. The van der Waals surface area contributed by atoms with Crippen LogP contribution in [0.2, 0.25) is 5.02 Å². The van der Waals surface area contributed by atoms with Gasteiger partial charge in [0.15, 0.2) is 0 Å². The highest BCUT2D eigenvalue weighted by molar-refractivity contribution is 6.31. The van der Waals surface area contributed by atoms with Crippen LogP contribution in [-0.2, 0) is 9.53 Å². The lowest BCUT2D eigenvalue weighted by atomic mass is 10.2. The number of carbonyl (C=O) groups excluding carboxylic acids is 1. The maximum atomic E-state index is 12.0. The first-order valence-electron chi connectivity index (χ1n) is 6.03. The molecule has 0 aliphatic carbocycles. The van der Waals surface area contributed by atoms with E-state index in [2.05, 4.69) is 4.98 Å². The molecule has 0 fully saturated rings. The molecule has 19 heavy (non-hydrogen) atoms. The number of imidazole rings is 1. The summed E-state index contributed by atoms with van der Waals surface area (Å²) in [7, 11) is 0. The lowest BCUT2D eigenvalue weighted by molar-refractivity contribution is -0.150. The van der Waals surface area contributed by atoms with Crippen molar-refractivity contribution >= 4 is 34.6 Å². The molecule has 0 radical (unpaired) electrons. The molecule has 0 saturated heterocycles. The van der Waals surface area contributed by atoms with Crippen LogP contribution in [0.25, 0.3) is 11.0 Å². The monoisotopic (exact) mass is 281 g/mol. The molecule has 102 valence electrons. The lowest BCUT2D eigenvalue weighted by Crippen LogP contribution is -2.23. The zero-order valence-electron chi connectivity index (χ0n) is 11.1. The molecular weight excluding hydrogens is 266 g/mol. The maximum Gasteiger partial charge on any atom is 0.329 e. The van der Waals surface area contributed by atoms with Crippen molar-refractivity contribution in [2.75, 3.05) is 5.73 Å². The lowest BCUT2D eigenvalue weighted by Gasteiger charge is -2.16. The van der Waals surface area contributed by atoms with Crippen LogP contribution < -0.4 is 5.73 Å². The number of fused-ring (bicyclic) bond motifs is 1. The first-order valence-corrected chi connectivity index (χ1v) is 6.41. The van der Waals surface area contributed by atoms with Gasteiger partial charge in [-0.3, -0.25) is 4.57 Å². The van der Waals surface area contributed by atoms with Gasteiger partial charge in [0.1, 0.15) is 6.04 Å². The largest absolute Gasteiger partial charge is 0.461 e. The van der Waals surface area contributed by atoms with Gasteiger partial charge in [-0.1, -0.05) is 11.6 Å². The van der Waals surface area contributed by atoms with E-state index in [-0.39, 0.29) is 18.0 Å². The van der Waals surface area contributed by atoms with Crippen molar-refractivity contribution in [2.24, 2.45) is 0 Å². The van der Waals surface area contributed by atoms with E-state index in [4.69, 9.17) is 22.1 Å². The molecule has 1 atom stereocenters. The number of aromatic nitrogens is 2. The van der Waals surface area contributed by atoms with Gasteiger partial charge in [0, 0.05) is 5.02 Å². The summed E-state index contributed by atoms with van der Waals surface area (Å²) in [4.78, 5) is 16.2.